The summed E-state index contributed by atoms with van der Waals surface area (Å²) < 4.78 is 32.7. The van der Waals surface area contributed by atoms with Crippen molar-refractivity contribution < 1.29 is 23.2 Å². The van der Waals surface area contributed by atoms with Crippen molar-refractivity contribution in [3.63, 3.8) is 0 Å². The fourth-order valence-electron chi connectivity index (χ4n) is 3.35. The van der Waals surface area contributed by atoms with Gasteiger partial charge in [-0.3, -0.25) is 15.0 Å². The average Bonchev–Trinajstić information content (AvgIpc) is 3.48. The summed E-state index contributed by atoms with van der Waals surface area (Å²) in [6.07, 6.45) is 1.29. The zero-order valence-corrected chi connectivity index (χ0v) is 20.8. The van der Waals surface area contributed by atoms with E-state index in [0.29, 0.717) is 17.7 Å². The molecule has 1 fully saturated rings. The Morgan fingerprint density at radius 3 is 2.62 bits per heavy atom. The minimum absolute atomic E-state index is 0.192. The molecule has 1 amide bonds. The van der Waals surface area contributed by atoms with Gasteiger partial charge in [0.25, 0.3) is 0 Å². The van der Waals surface area contributed by atoms with Crippen molar-refractivity contribution in [3.8, 4) is 0 Å². The molecule has 0 N–H and O–H groups in total. The Hall–Kier alpha value is -2.53. The van der Waals surface area contributed by atoms with Crippen LogP contribution in [0.25, 0.3) is 0 Å². The van der Waals surface area contributed by atoms with Gasteiger partial charge in [-0.05, 0) is 51.3 Å². The van der Waals surface area contributed by atoms with Gasteiger partial charge >= 0.3 is 11.8 Å². The van der Waals surface area contributed by atoms with E-state index in [-0.39, 0.29) is 11.0 Å². The van der Waals surface area contributed by atoms with Gasteiger partial charge in [0.15, 0.2) is 16.8 Å². The van der Waals surface area contributed by atoms with Crippen molar-refractivity contribution in [2.24, 2.45) is 0 Å². The van der Waals surface area contributed by atoms with Crippen molar-refractivity contribution in [1.29, 1.82) is 0 Å². The highest BCUT2D eigenvalue weighted by molar-refractivity contribution is 7.99. The van der Waals surface area contributed by atoms with E-state index in [1.54, 1.807) is 20.8 Å². The Kier molecular flexibility index (Phi) is 7.97. The number of hydrogen-bond donors (Lipinski definition) is 0. The molecule has 3 rings (SSSR count). The van der Waals surface area contributed by atoms with Crippen molar-refractivity contribution in [3.05, 3.63) is 50.7 Å². The van der Waals surface area contributed by atoms with E-state index >= 15 is 0 Å². The standard InChI is InChI=1S/C22H25ClF2N4O4S/c1-5-6-9-34-20-26-18(23)17(29(31)32)19(27-20)28(21(30)33-22(2,3)4)16-11-13(16)12-7-8-14(24)15(25)10-12/h7-8,10,13,16H,5-6,9,11H2,1-4H3/t13-,16+/m0/s1. The van der Waals surface area contributed by atoms with Gasteiger partial charge in [-0.2, -0.15) is 4.98 Å². The molecule has 12 heteroatoms. The average molecular weight is 515 g/mol. The molecule has 0 aliphatic heterocycles. The number of nitro groups is 1. The highest BCUT2D eigenvalue weighted by atomic mass is 35.5. The number of hydrogen-bond acceptors (Lipinski definition) is 7. The molecule has 0 saturated heterocycles. The van der Waals surface area contributed by atoms with Crippen LogP contribution in [0, 0.1) is 21.7 Å². The van der Waals surface area contributed by atoms with Gasteiger partial charge in [-0.15, -0.1) is 0 Å². The predicted octanol–water partition coefficient (Wildman–Crippen LogP) is 6.51. The van der Waals surface area contributed by atoms with Gasteiger partial charge < -0.3 is 4.74 Å². The van der Waals surface area contributed by atoms with Crippen LogP contribution in [0.4, 0.5) is 25.1 Å². The first-order valence-electron chi connectivity index (χ1n) is 10.7. The number of unbranched alkanes of at least 4 members (excludes halogenated alkanes) is 1. The maximum Gasteiger partial charge on any atom is 0.416 e. The lowest BCUT2D eigenvalue weighted by molar-refractivity contribution is -0.384. The second kappa shape index (κ2) is 10.4. The third-order valence-corrected chi connectivity index (χ3v) is 6.19. The molecule has 34 heavy (non-hydrogen) atoms. The van der Waals surface area contributed by atoms with Crippen LogP contribution in [0.3, 0.4) is 0 Å². The first kappa shape index (κ1) is 26.1. The molecule has 2 aromatic rings. The molecule has 1 aromatic heterocycles. The Labute approximate surface area is 205 Å². The summed E-state index contributed by atoms with van der Waals surface area (Å²) in [7, 11) is 0. The van der Waals surface area contributed by atoms with Gasteiger partial charge in [0.05, 0.1) is 4.92 Å². The summed E-state index contributed by atoms with van der Waals surface area (Å²) in [5.74, 6) is -2.02. The SMILES string of the molecule is CCCCSc1nc(Cl)c([N+](=O)[O-])c(N(C(=O)OC(C)(C)C)[C@@H]2C[C@H]2c2ccc(F)c(F)c2)n1. The van der Waals surface area contributed by atoms with E-state index in [4.69, 9.17) is 16.3 Å². The maximum absolute atomic E-state index is 13.8. The lowest BCUT2D eigenvalue weighted by Gasteiger charge is -2.27. The van der Waals surface area contributed by atoms with Crippen molar-refractivity contribution in [2.45, 2.75) is 69.7 Å². The fourth-order valence-corrected chi connectivity index (χ4v) is 4.56. The first-order valence-corrected chi connectivity index (χ1v) is 12.1. The number of rotatable bonds is 8. The molecule has 8 nitrogen and oxygen atoms in total. The number of carbonyl (C=O) groups is 1. The largest absolute Gasteiger partial charge is 0.443 e. The van der Waals surface area contributed by atoms with Crippen molar-refractivity contribution in [1.82, 2.24) is 9.97 Å². The number of carbonyl (C=O) groups excluding carboxylic acids is 1. The summed E-state index contributed by atoms with van der Waals surface area (Å²) in [6, 6.07) is 2.85. The number of thioether (sulfide) groups is 1. The normalized spacial score (nSPS) is 17.4. The number of nitrogens with zero attached hydrogens (tertiary/aromatic N) is 4. The van der Waals surface area contributed by atoms with Crippen molar-refractivity contribution >= 4 is 41.0 Å². The molecule has 0 bridgehead atoms. The van der Waals surface area contributed by atoms with Crippen LogP contribution in [-0.4, -0.2) is 38.4 Å². The molecule has 184 valence electrons. The quantitative estimate of drug-likeness (QED) is 0.0988. The Morgan fingerprint density at radius 2 is 2.03 bits per heavy atom. The third-order valence-electron chi connectivity index (χ3n) is 4.99. The maximum atomic E-state index is 13.8. The van der Waals surface area contributed by atoms with Crippen LogP contribution in [0.2, 0.25) is 5.15 Å². The smallest absolute Gasteiger partial charge is 0.416 e. The number of ether oxygens (including phenoxy) is 1. The minimum Gasteiger partial charge on any atom is -0.443 e. The van der Waals surface area contributed by atoms with Crippen molar-refractivity contribution in [2.75, 3.05) is 10.7 Å². The first-order chi connectivity index (χ1) is 15.9. The summed E-state index contributed by atoms with van der Waals surface area (Å²) >= 11 is 7.43. The summed E-state index contributed by atoms with van der Waals surface area (Å²) in [6.45, 7) is 7.01. The predicted molar refractivity (Wildman–Crippen MR) is 126 cm³/mol. The molecule has 1 heterocycles. The summed E-state index contributed by atoms with van der Waals surface area (Å²) in [4.78, 5) is 33.8. The molecule has 0 radical (unpaired) electrons. The lowest BCUT2D eigenvalue weighted by atomic mass is 10.1. The van der Waals surface area contributed by atoms with Crippen LogP contribution >= 0.6 is 23.4 Å². The van der Waals surface area contributed by atoms with E-state index < -0.39 is 51.1 Å². The summed E-state index contributed by atoms with van der Waals surface area (Å²) in [5.41, 5.74) is -1.06. The van der Waals surface area contributed by atoms with Gasteiger partial charge in [0, 0.05) is 17.7 Å². The minimum atomic E-state index is -1.02. The van der Waals surface area contributed by atoms with Gasteiger partial charge in [-0.1, -0.05) is 42.8 Å². The molecule has 1 aliphatic carbocycles. The third kappa shape index (κ3) is 6.12. The molecule has 1 aliphatic rings. The second-order valence-electron chi connectivity index (χ2n) is 8.86. The molecule has 0 spiro atoms. The van der Waals surface area contributed by atoms with E-state index in [1.807, 2.05) is 6.92 Å². The highest BCUT2D eigenvalue weighted by Gasteiger charge is 2.50. The number of aromatic nitrogens is 2. The molecular weight excluding hydrogens is 490 g/mol. The summed E-state index contributed by atoms with van der Waals surface area (Å²) in [5, 5.41) is 11.7. The fraction of sp³-hybridized carbons (Fsp3) is 0.500. The Morgan fingerprint density at radius 1 is 1.32 bits per heavy atom. The molecule has 0 unspecified atom stereocenters. The van der Waals surface area contributed by atoms with Crippen LogP contribution in [0.15, 0.2) is 23.4 Å². The topological polar surface area (TPSA) is 98.5 Å². The zero-order chi connectivity index (χ0) is 25.2. The Bertz CT molecular complexity index is 1100. The highest BCUT2D eigenvalue weighted by Crippen LogP contribution is 2.49. The molecular formula is C22H25ClF2N4O4S. The monoisotopic (exact) mass is 514 g/mol. The van der Waals surface area contributed by atoms with Crippen LogP contribution in [-0.2, 0) is 4.74 Å². The van der Waals surface area contributed by atoms with Gasteiger partial charge in [0.1, 0.15) is 5.60 Å². The number of halogens is 3. The zero-order valence-electron chi connectivity index (χ0n) is 19.2. The van der Waals surface area contributed by atoms with E-state index in [9.17, 15) is 23.7 Å². The van der Waals surface area contributed by atoms with E-state index in [1.165, 1.54) is 17.8 Å². The number of benzene rings is 1. The van der Waals surface area contributed by atoms with Gasteiger partial charge in [0.2, 0.25) is 11.0 Å². The lowest BCUT2D eigenvalue weighted by Crippen LogP contribution is -2.40. The molecule has 1 saturated carbocycles. The van der Waals surface area contributed by atoms with Crippen LogP contribution in [0.1, 0.15) is 58.4 Å². The molecule has 1 aromatic carbocycles. The van der Waals surface area contributed by atoms with Crippen LogP contribution < -0.4 is 4.90 Å². The number of anilines is 1. The van der Waals surface area contributed by atoms with E-state index in [2.05, 4.69) is 9.97 Å². The Balaban J connectivity index is 2.06. The number of amides is 1. The van der Waals surface area contributed by atoms with Crippen LogP contribution in [0.5, 0.6) is 0 Å². The van der Waals surface area contributed by atoms with E-state index in [0.717, 1.165) is 29.9 Å². The van der Waals surface area contributed by atoms with Gasteiger partial charge in [-0.25, -0.2) is 18.6 Å². The molecule has 2 atom stereocenters. The second-order valence-corrected chi connectivity index (χ2v) is 10.3.